The van der Waals surface area contributed by atoms with E-state index in [0.717, 1.165) is 96.3 Å². The molecule has 0 radical (unpaired) electrons. The zero-order chi connectivity index (χ0) is 42.3. The predicted molar refractivity (Wildman–Crippen MR) is 247 cm³/mol. The molecule has 0 aromatic carbocycles. The molecule has 0 aromatic rings. The molecule has 0 amide bonds. The van der Waals surface area contributed by atoms with Crippen LogP contribution in [0.5, 0.6) is 0 Å². The van der Waals surface area contributed by atoms with Crippen molar-refractivity contribution in [3.63, 3.8) is 0 Å². The normalized spacial score (nSPS) is 14.6. The van der Waals surface area contributed by atoms with E-state index in [9.17, 15) is 14.3 Å². The van der Waals surface area contributed by atoms with E-state index < -0.39 is 19.9 Å². The van der Waals surface area contributed by atoms with Crippen LogP contribution in [0.4, 0.5) is 0 Å². The van der Waals surface area contributed by atoms with Crippen molar-refractivity contribution in [1.29, 1.82) is 0 Å². The van der Waals surface area contributed by atoms with Crippen LogP contribution in [0.3, 0.4) is 0 Å². The van der Waals surface area contributed by atoms with Crippen molar-refractivity contribution in [2.24, 2.45) is 5.73 Å². The number of esters is 1. The van der Waals surface area contributed by atoms with E-state index in [1.807, 2.05) is 0 Å². The average Bonchev–Trinajstić information content (AvgIpc) is 3.21. The number of carbonyl (C=O) groups excluding carboxylic acids is 1. The van der Waals surface area contributed by atoms with E-state index in [-0.39, 0.29) is 32.8 Å². The Morgan fingerprint density at radius 1 is 0.517 bits per heavy atom. The topological polar surface area (TPSA) is 117 Å². The number of ether oxygens (including phenoxy) is 2. The first-order valence-electron chi connectivity index (χ1n) is 22.0. The van der Waals surface area contributed by atoms with Crippen LogP contribution in [0.25, 0.3) is 0 Å². The molecule has 8 nitrogen and oxygen atoms in total. The first-order chi connectivity index (χ1) is 28.4. The minimum Gasteiger partial charge on any atom is -0.457 e. The summed E-state index contributed by atoms with van der Waals surface area (Å²) in [6.07, 6.45) is 62.3. The Bertz CT molecular complexity index is 1290. The van der Waals surface area contributed by atoms with Crippen molar-refractivity contribution in [2.45, 2.75) is 148 Å². The minimum absolute atomic E-state index is 0.0749. The van der Waals surface area contributed by atoms with E-state index in [1.54, 1.807) is 0 Å². The van der Waals surface area contributed by atoms with E-state index in [1.165, 1.54) is 19.3 Å². The van der Waals surface area contributed by atoms with Crippen LogP contribution in [0.15, 0.2) is 122 Å². The molecule has 0 aromatic heterocycles. The van der Waals surface area contributed by atoms with Crippen LogP contribution in [-0.4, -0.2) is 49.9 Å². The highest BCUT2D eigenvalue weighted by atomic mass is 31.2. The van der Waals surface area contributed by atoms with Crippen LogP contribution >= 0.6 is 7.82 Å². The highest BCUT2D eigenvalue weighted by molar-refractivity contribution is 7.47. The highest BCUT2D eigenvalue weighted by Crippen LogP contribution is 2.43. The lowest BCUT2D eigenvalue weighted by Crippen LogP contribution is -2.28. The van der Waals surface area contributed by atoms with Gasteiger partial charge < -0.3 is 20.1 Å². The number of nitrogens with two attached hydrogens (primary N) is 1. The molecule has 0 aliphatic heterocycles. The smallest absolute Gasteiger partial charge is 0.457 e. The summed E-state index contributed by atoms with van der Waals surface area (Å²) in [5.41, 5.74) is 5.36. The number of phosphoric acid groups is 1. The van der Waals surface area contributed by atoms with Gasteiger partial charge in [0.15, 0.2) is 0 Å². The van der Waals surface area contributed by atoms with Crippen molar-refractivity contribution in [2.75, 3.05) is 33.0 Å². The van der Waals surface area contributed by atoms with Crippen molar-refractivity contribution < 1.29 is 32.8 Å². The van der Waals surface area contributed by atoms with E-state index in [2.05, 4.69) is 135 Å². The summed E-state index contributed by atoms with van der Waals surface area (Å²) in [6, 6.07) is 0. The molecular weight excluding hydrogens is 746 g/mol. The van der Waals surface area contributed by atoms with Gasteiger partial charge in [0.25, 0.3) is 0 Å². The fraction of sp³-hybridized carbons (Fsp3) is 0.571. The summed E-state index contributed by atoms with van der Waals surface area (Å²) in [5, 5.41) is 0. The lowest BCUT2D eigenvalue weighted by atomic mass is 10.1. The van der Waals surface area contributed by atoms with Crippen molar-refractivity contribution in [1.82, 2.24) is 0 Å². The molecule has 0 fully saturated rings. The van der Waals surface area contributed by atoms with Gasteiger partial charge in [-0.3, -0.25) is 13.8 Å². The Labute approximate surface area is 354 Å². The molecule has 328 valence electrons. The van der Waals surface area contributed by atoms with Crippen molar-refractivity contribution in [3.05, 3.63) is 122 Å². The Balaban J connectivity index is 4.21. The molecule has 0 rings (SSSR count). The molecule has 9 heteroatoms. The number of allylic oxidation sites excluding steroid dienone is 20. The van der Waals surface area contributed by atoms with Gasteiger partial charge in [-0.1, -0.05) is 161 Å². The minimum atomic E-state index is -4.31. The van der Waals surface area contributed by atoms with Gasteiger partial charge in [-0.15, -0.1) is 0 Å². The van der Waals surface area contributed by atoms with Gasteiger partial charge in [-0.05, 0) is 96.3 Å². The number of hydrogen-bond donors (Lipinski definition) is 2. The van der Waals surface area contributed by atoms with Crippen molar-refractivity contribution in [3.8, 4) is 0 Å². The molecule has 0 bridgehead atoms. The molecule has 2 unspecified atom stereocenters. The van der Waals surface area contributed by atoms with E-state index in [0.29, 0.717) is 13.0 Å². The van der Waals surface area contributed by atoms with Crippen LogP contribution in [0.2, 0.25) is 0 Å². The molecule has 0 aliphatic carbocycles. The van der Waals surface area contributed by atoms with Gasteiger partial charge in [0.05, 0.1) is 19.8 Å². The van der Waals surface area contributed by atoms with Crippen LogP contribution in [0.1, 0.15) is 142 Å². The molecule has 2 atom stereocenters. The van der Waals surface area contributed by atoms with E-state index in [4.69, 9.17) is 24.3 Å². The third-order valence-corrected chi connectivity index (χ3v) is 9.36. The maximum atomic E-state index is 12.6. The molecule has 58 heavy (non-hydrogen) atoms. The number of hydrogen-bond acceptors (Lipinski definition) is 7. The number of carbonyl (C=O) groups is 1. The summed E-state index contributed by atoms with van der Waals surface area (Å²) >= 11 is 0. The summed E-state index contributed by atoms with van der Waals surface area (Å²) in [5.74, 6) is -0.399. The molecule has 0 spiro atoms. The SMILES string of the molecule is CC/C=C\C/C=C\C/C=C\C/C=C\C/C=C\C/C=C\C/C=C\CCCC(=O)OC(COCCCCCCCC/C=C\C/C=C\C/C=C\CC)COP(=O)(O)OCCN. The van der Waals surface area contributed by atoms with Crippen LogP contribution < -0.4 is 5.73 Å². The maximum Gasteiger partial charge on any atom is 0.472 e. The second-order valence-electron chi connectivity index (χ2n) is 13.8. The molecule has 0 heterocycles. The molecule has 0 saturated heterocycles. The first-order valence-corrected chi connectivity index (χ1v) is 23.5. The Hall–Kier alpha value is -3.10. The Morgan fingerprint density at radius 2 is 0.914 bits per heavy atom. The average molecular weight is 826 g/mol. The monoisotopic (exact) mass is 826 g/mol. The lowest BCUT2D eigenvalue weighted by Gasteiger charge is -2.20. The first kappa shape index (κ1) is 54.9. The molecule has 3 N–H and O–H groups in total. The zero-order valence-electron chi connectivity index (χ0n) is 36.2. The second-order valence-corrected chi connectivity index (χ2v) is 15.2. The van der Waals surface area contributed by atoms with Gasteiger partial charge in [-0.25, -0.2) is 4.57 Å². The van der Waals surface area contributed by atoms with Gasteiger partial charge in [0.1, 0.15) is 6.10 Å². The Morgan fingerprint density at radius 3 is 1.36 bits per heavy atom. The summed E-state index contributed by atoms with van der Waals surface area (Å²) in [7, 11) is -4.31. The number of rotatable bonds is 40. The summed E-state index contributed by atoms with van der Waals surface area (Å²) < 4.78 is 33.4. The predicted octanol–water partition coefficient (Wildman–Crippen LogP) is 13.4. The molecule has 0 saturated carbocycles. The lowest BCUT2D eigenvalue weighted by molar-refractivity contribution is -0.154. The number of unbranched alkanes of at least 4 members (excludes halogenated alkanes) is 7. The van der Waals surface area contributed by atoms with E-state index >= 15 is 0 Å². The molecular formula is C49H80NO7P. The van der Waals surface area contributed by atoms with Gasteiger partial charge in [-0.2, -0.15) is 0 Å². The summed E-state index contributed by atoms with van der Waals surface area (Å²) in [4.78, 5) is 22.5. The van der Waals surface area contributed by atoms with Crippen molar-refractivity contribution >= 4 is 13.8 Å². The van der Waals surface area contributed by atoms with Crippen LogP contribution in [-0.2, 0) is 27.9 Å². The summed E-state index contributed by atoms with van der Waals surface area (Å²) in [6.45, 7) is 4.54. The molecule has 0 aliphatic rings. The standard InChI is InChI=1S/C49H80NO7P/c1-3-5-7-9-11-13-15-17-19-21-22-23-24-25-26-27-28-30-32-34-36-38-40-42-49(51)57-48(47-56-58(52,53)55-45-43-50)46-54-44-41-39-37-35-33-31-29-20-18-16-14-12-10-8-6-4-2/h5-8,11-14,17-20,22-23,25-26,28,30,34,36,48H,3-4,9-10,15-16,21,24,27,29,31-33,35,37-47,50H2,1-2H3,(H,52,53)/b7-5-,8-6-,13-11-,14-12-,19-17-,20-18-,23-22-,26-25-,30-28-,36-34-. The quantitative estimate of drug-likeness (QED) is 0.0271. The largest absolute Gasteiger partial charge is 0.472 e. The Kier molecular flexibility index (Phi) is 42.6. The van der Waals surface area contributed by atoms with Gasteiger partial charge in [0.2, 0.25) is 0 Å². The maximum absolute atomic E-state index is 12.6. The number of phosphoric ester groups is 1. The van der Waals surface area contributed by atoms with Gasteiger partial charge in [0, 0.05) is 19.6 Å². The fourth-order valence-corrected chi connectivity index (χ4v) is 6.00. The van der Waals surface area contributed by atoms with Gasteiger partial charge >= 0.3 is 13.8 Å². The highest BCUT2D eigenvalue weighted by Gasteiger charge is 2.25. The fourth-order valence-electron chi connectivity index (χ4n) is 5.23. The zero-order valence-corrected chi connectivity index (χ0v) is 37.1. The van der Waals surface area contributed by atoms with Crippen LogP contribution in [0, 0.1) is 0 Å². The third kappa shape index (κ3) is 44.0. The second kappa shape index (κ2) is 45.0. The third-order valence-electron chi connectivity index (χ3n) is 8.37.